The van der Waals surface area contributed by atoms with Gasteiger partial charge >= 0.3 is 0 Å². The van der Waals surface area contributed by atoms with Crippen LogP contribution in [0.25, 0.3) is 0 Å². The molecule has 1 unspecified atom stereocenters. The van der Waals surface area contributed by atoms with Gasteiger partial charge in [-0.2, -0.15) is 0 Å². The molecule has 0 aliphatic heterocycles. The molecule has 0 radical (unpaired) electrons. The van der Waals surface area contributed by atoms with Crippen molar-refractivity contribution in [1.82, 2.24) is 0 Å². The SMILES string of the molecule is CC(Nc1cc(Cl)ccc1Cl)c1ccc(F)c(Cl)c1. The number of rotatable bonds is 3. The molecule has 5 heteroatoms. The number of halogens is 4. The van der Waals surface area contributed by atoms with E-state index < -0.39 is 5.82 Å². The Balaban J connectivity index is 2.22. The quantitative estimate of drug-likeness (QED) is 0.736. The van der Waals surface area contributed by atoms with E-state index in [2.05, 4.69) is 5.32 Å². The maximum atomic E-state index is 13.1. The van der Waals surface area contributed by atoms with E-state index in [1.165, 1.54) is 6.07 Å². The molecule has 2 aromatic rings. The molecule has 1 atom stereocenters. The summed E-state index contributed by atoms with van der Waals surface area (Å²) in [5.41, 5.74) is 1.59. The van der Waals surface area contributed by atoms with Crippen molar-refractivity contribution < 1.29 is 4.39 Å². The number of nitrogens with one attached hydrogen (secondary N) is 1. The van der Waals surface area contributed by atoms with Crippen molar-refractivity contribution in [2.75, 3.05) is 5.32 Å². The zero-order valence-electron chi connectivity index (χ0n) is 10.1. The second-order valence-corrected chi connectivity index (χ2v) is 5.41. The van der Waals surface area contributed by atoms with Gasteiger partial charge in [0, 0.05) is 11.1 Å². The molecule has 2 rings (SSSR count). The van der Waals surface area contributed by atoms with Crippen LogP contribution in [-0.4, -0.2) is 0 Å². The van der Waals surface area contributed by atoms with Gasteiger partial charge in [0.25, 0.3) is 0 Å². The minimum absolute atomic E-state index is 0.0749. The minimum atomic E-state index is -0.432. The Kier molecular flexibility index (Phi) is 4.56. The van der Waals surface area contributed by atoms with Crippen LogP contribution in [0.2, 0.25) is 15.1 Å². The van der Waals surface area contributed by atoms with Crippen molar-refractivity contribution in [1.29, 1.82) is 0 Å². The van der Waals surface area contributed by atoms with E-state index in [1.54, 1.807) is 30.3 Å². The van der Waals surface area contributed by atoms with E-state index in [9.17, 15) is 4.39 Å². The van der Waals surface area contributed by atoms with E-state index in [1.807, 2.05) is 6.92 Å². The topological polar surface area (TPSA) is 12.0 Å². The molecule has 0 spiro atoms. The summed E-state index contributed by atoms with van der Waals surface area (Å²) in [7, 11) is 0. The van der Waals surface area contributed by atoms with Gasteiger partial charge in [0.05, 0.1) is 15.7 Å². The summed E-state index contributed by atoms with van der Waals surface area (Å²) in [6.45, 7) is 1.93. The molecule has 19 heavy (non-hydrogen) atoms. The summed E-state index contributed by atoms with van der Waals surface area (Å²) in [6, 6.07) is 9.71. The molecule has 0 aliphatic carbocycles. The largest absolute Gasteiger partial charge is 0.377 e. The number of benzene rings is 2. The van der Waals surface area contributed by atoms with Gasteiger partial charge in [-0.15, -0.1) is 0 Å². The van der Waals surface area contributed by atoms with Gasteiger partial charge in [-0.3, -0.25) is 0 Å². The maximum Gasteiger partial charge on any atom is 0.141 e. The molecule has 0 bridgehead atoms. The molecule has 0 fully saturated rings. The number of hydrogen-bond acceptors (Lipinski definition) is 1. The zero-order valence-corrected chi connectivity index (χ0v) is 12.3. The molecule has 0 aromatic heterocycles. The predicted molar refractivity (Wildman–Crippen MR) is 79.9 cm³/mol. The van der Waals surface area contributed by atoms with E-state index in [-0.39, 0.29) is 11.1 Å². The summed E-state index contributed by atoms with van der Waals surface area (Å²) >= 11 is 17.8. The first-order valence-corrected chi connectivity index (χ1v) is 6.77. The molecule has 1 nitrogen and oxygen atoms in total. The third-order valence-electron chi connectivity index (χ3n) is 2.74. The van der Waals surface area contributed by atoms with Crippen LogP contribution in [0, 0.1) is 5.82 Å². The number of anilines is 1. The van der Waals surface area contributed by atoms with Gasteiger partial charge in [0.1, 0.15) is 5.82 Å². The highest BCUT2D eigenvalue weighted by Gasteiger charge is 2.10. The summed E-state index contributed by atoms with van der Waals surface area (Å²) in [6.07, 6.45) is 0. The first-order chi connectivity index (χ1) is 8.97. The van der Waals surface area contributed by atoms with Crippen molar-refractivity contribution >= 4 is 40.5 Å². The Morgan fingerprint density at radius 3 is 2.42 bits per heavy atom. The molecule has 0 heterocycles. The third-order valence-corrected chi connectivity index (χ3v) is 3.60. The summed E-state index contributed by atoms with van der Waals surface area (Å²) in [5, 5.41) is 4.48. The van der Waals surface area contributed by atoms with Crippen LogP contribution < -0.4 is 5.32 Å². The lowest BCUT2D eigenvalue weighted by Crippen LogP contribution is -2.07. The van der Waals surface area contributed by atoms with E-state index in [4.69, 9.17) is 34.8 Å². The van der Waals surface area contributed by atoms with Gasteiger partial charge in [0.15, 0.2) is 0 Å². The van der Waals surface area contributed by atoms with Crippen LogP contribution in [0.15, 0.2) is 36.4 Å². The highest BCUT2D eigenvalue weighted by molar-refractivity contribution is 6.35. The van der Waals surface area contributed by atoms with E-state index in [0.29, 0.717) is 10.0 Å². The summed E-state index contributed by atoms with van der Waals surface area (Å²) in [4.78, 5) is 0. The normalized spacial score (nSPS) is 12.3. The standard InChI is InChI=1S/C14H11Cl3FN/c1-8(9-2-5-13(18)12(17)6-9)19-14-7-10(15)3-4-11(14)16/h2-8,19H,1H3. The fourth-order valence-corrected chi connectivity index (χ4v) is 2.24. The average molecular weight is 319 g/mol. The van der Waals surface area contributed by atoms with Crippen LogP contribution >= 0.6 is 34.8 Å². The van der Waals surface area contributed by atoms with E-state index >= 15 is 0 Å². The predicted octanol–water partition coefficient (Wildman–Crippen LogP) is 5.96. The Labute approximate surface area is 126 Å². The Morgan fingerprint density at radius 2 is 1.74 bits per heavy atom. The molecule has 0 saturated carbocycles. The first-order valence-electron chi connectivity index (χ1n) is 5.64. The van der Waals surface area contributed by atoms with Crippen molar-refractivity contribution in [3.8, 4) is 0 Å². The van der Waals surface area contributed by atoms with Gasteiger partial charge in [-0.05, 0) is 42.8 Å². The third kappa shape index (κ3) is 3.53. The monoisotopic (exact) mass is 317 g/mol. The smallest absolute Gasteiger partial charge is 0.141 e. The van der Waals surface area contributed by atoms with Crippen LogP contribution in [0.1, 0.15) is 18.5 Å². The van der Waals surface area contributed by atoms with Crippen molar-refractivity contribution in [2.45, 2.75) is 13.0 Å². The van der Waals surface area contributed by atoms with Crippen LogP contribution in [0.4, 0.5) is 10.1 Å². The van der Waals surface area contributed by atoms with Gasteiger partial charge < -0.3 is 5.32 Å². The molecule has 0 amide bonds. The lowest BCUT2D eigenvalue weighted by molar-refractivity contribution is 0.627. The zero-order chi connectivity index (χ0) is 14.0. The van der Waals surface area contributed by atoms with Crippen molar-refractivity contribution in [3.05, 3.63) is 62.8 Å². The fourth-order valence-electron chi connectivity index (χ4n) is 1.71. The summed E-state index contributed by atoms with van der Waals surface area (Å²) < 4.78 is 13.1. The highest BCUT2D eigenvalue weighted by Crippen LogP contribution is 2.30. The fraction of sp³-hybridized carbons (Fsp3) is 0.143. The summed E-state index contributed by atoms with van der Waals surface area (Å²) in [5.74, 6) is -0.432. The Morgan fingerprint density at radius 1 is 1.00 bits per heavy atom. The molecule has 0 saturated heterocycles. The van der Waals surface area contributed by atoms with E-state index in [0.717, 1.165) is 11.3 Å². The van der Waals surface area contributed by atoms with Crippen molar-refractivity contribution in [3.63, 3.8) is 0 Å². The molecule has 1 N–H and O–H groups in total. The maximum absolute atomic E-state index is 13.1. The highest BCUT2D eigenvalue weighted by atomic mass is 35.5. The van der Waals surface area contributed by atoms with Gasteiger partial charge in [0.2, 0.25) is 0 Å². The second-order valence-electron chi connectivity index (χ2n) is 4.16. The van der Waals surface area contributed by atoms with Crippen LogP contribution in [0.5, 0.6) is 0 Å². The Hall–Kier alpha value is -0.960. The molecule has 100 valence electrons. The van der Waals surface area contributed by atoms with Gasteiger partial charge in [-0.1, -0.05) is 40.9 Å². The molecular weight excluding hydrogens is 308 g/mol. The lowest BCUT2D eigenvalue weighted by atomic mass is 10.1. The average Bonchev–Trinajstić information content (AvgIpc) is 2.37. The second kappa shape index (κ2) is 6.00. The van der Waals surface area contributed by atoms with Gasteiger partial charge in [-0.25, -0.2) is 4.39 Å². The number of hydrogen-bond donors (Lipinski definition) is 1. The Bertz CT molecular complexity index is 601. The molecule has 2 aromatic carbocycles. The van der Waals surface area contributed by atoms with Crippen molar-refractivity contribution in [2.24, 2.45) is 0 Å². The van der Waals surface area contributed by atoms with Crippen LogP contribution in [-0.2, 0) is 0 Å². The molecular formula is C14H11Cl3FN. The lowest BCUT2D eigenvalue weighted by Gasteiger charge is -2.17. The molecule has 0 aliphatic rings. The first kappa shape index (κ1) is 14.4. The van der Waals surface area contributed by atoms with Crippen LogP contribution in [0.3, 0.4) is 0 Å². The minimum Gasteiger partial charge on any atom is -0.377 e.